The van der Waals surface area contributed by atoms with Crippen molar-refractivity contribution in [2.45, 2.75) is 39.2 Å². The average molecular weight is 240 g/mol. The van der Waals surface area contributed by atoms with Crippen LogP contribution in [0.2, 0.25) is 0 Å². The minimum Gasteiger partial charge on any atom is -0.466 e. The van der Waals surface area contributed by atoms with Crippen molar-refractivity contribution in [3.8, 4) is 0 Å². The molecule has 0 N–H and O–H groups in total. The van der Waals surface area contributed by atoms with E-state index in [1.54, 1.807) is 13.0 Å². The first-order valence-electron chi connectivity index (χ1n) is 5.97. The Morgan fingerprint density at radius 2 is 2.35 bits per heavy atom. The molecule has 0 unspecified atom stereocenters. The van der Waals surface area contributed by atoms with Crippen LogP contribution in [0.15, 0.2) is 12.7 Å². The second-order valence-electron chi connectivity index (χ2n) is 4.59. The number of ether oxygens (including phenoxy) is 2. The zero-order valence-electron chi connectivity index (χ0n) is 10.7. The molecule has 1 fully saturated rings. The summed E-state index contributed by atoms with van der Waals surface area (Å²) in [5, 5.41) is 0. The smallest absolute Gasteiger partial charge is 0.313 e. The molecular weight excluding hydrogens is 220 g/mol. The molecule has 96 valence electrons. The minimum atomic E-state index is -0.787. The van der Waals surface area contributed by atoms with Crippen LogP contribution < -0.4 is 0 Å². The normalized spacial score (nSPS) is 28.0. The summed E-state index contributed by atoms with van der Waals surface area (Å²) in [5.74, 6) is -1.16. The Labute approximate surface area is 102 Å². The molecule has 1 aliphatic rings. The number of carbonyl (C=O) groups is 2. The third-order valence-electron chi connectivity index (χ3n) is 3.28. The first-order chi connectivity index (χ1) is 7.97. The molecule has 0 radical (unpaired) electrons. The maximum absolute atomic E-state index is 11.9. The van der Waals surface area contributed by atoms with Crippen molar-refractivity contribution in [1.29, 1.82) is 0 Å². The van der Waals surface area contributed by atoms with E-state index in [9.17, 15) is 9.59 Å². The molecular formula is C13H20O4. The van der Waals surface area contributed by atoms with Crippen molar-refractivity contribution in [2.75, 3.05) is 6.61 Å². The van der Waals surface area contributed by atoms with E-state index >= 15 is 0 Å². The maximum Gasteiger partial charge on any atom is 0.313 e. The fourth-order valence-electron chi connectivity index (χ4n) is 2.36. The van der Waals surface area contributed by atoms with Crippen LogP contribution in [0, 0.1) is 11.8 Å². The van der Waals surface area contributed by atoms with E-state index in [1.807, 2.05) is 13.8 Å². The van der Waals surface area contributed by atoms with Crippen molar-refractivity contribution < 1.29 is 19.1 Å². The highest BCUT2D eigenvalue weighted by Crippen LogP contribution is 2.42. The number of esters is 2. The van der Waals surface area contributed by atoms with Crippen molar-refractivity contribution in [3.63, 3.8) is 0 Å². The van der Waals surface area contributed by atoms with Gasteiger partial charge in [-0.2, -0.15) is 0 Å². The average Bonchev–Trinajstić information content (AvgIpc) is 2.58. The Kier molecular flexibility index (Phi) is 4.32. The summed E-state index contributed by atoms with van der Waals surface area (Å²) in [5.41, 5.74) is -0.787. The number of rotatable bonds is 5. The molecule has 0 amide bonds. The van der Waals surface area contributed by atoms with Crippen LogP contribution in [-0.2, 0) is 19.1 Å². The van der Waals surface area contributed by atoms with Crippen molar-refractivity contribution in [3.05, 3.63) is 12.7 Å². The highest BCUT2D eigenvalue weighted by molar-refractivity contribution is 5.84. The lowest BCUT2D eigenvalue weighted by Crippen LogP contribution is -2.44. The lowest BCUT2D eigenvalue weighted by molar-refractivity contribution is -0.162. The fourth-order valence-corrected chi connectivity index (χ4v) is 2.36. The van der Waals surface area contributed by atoms with E-state index in [4.69, 9.17) is 9.47 Å². The highest BCUT2D eigenvalue weighted by atomic mass is 16.6. The van der Waals surface area contributed by atoms with Crippen molar-refractivity contribution in [1.82, 2.24) is 0 Å². The zero-order chi connectivity index (χ0) is 13.1. The third kappa shape index (κ3) is 2.51. The summed E-state index contributed by atoms with van der Waals surface area (Å²) in [6.07, 6.45) is 2.26. The van der Waals surface area contributed by atoms with Gasteiger partial charge in [0.05, 0.1) is 13.0 Å². The fraction of sp³-hybridized carbons (Fsp3) is 0.692. The molecule has 0 saturated carbocycles. The van der Waals surface area contributed by atoms with E-state index in [0.717, 1.165) is 0 Å². The van der Waals surface area contributed by atoms with Crippen molar-refractivity contribution in [2.24, 2.45) is 11.8 Å². The van der Waals surface area contributed by atoms with Gasteiger partial charge in [0.15, 0.2) is 0 Å². The summed E-state index contributed by atoms with van der Waals surface area (Å²) in [6.45, 7) is 9.61. The third-order valence-corrected chi connectivity index (χ3v) is 3.28. The van der Waals surface area contributed by atoms with Crippen LogP contribution in [0.3, 0.4) is 0 Å². The molecule has 0 spiro atoms. The van der Waals surface area contributed by atoms with Gasteiger partial charge in [-0.25, -0.2) is 0 Å². The van der Waals surface area contributed by atoms with E-state index in [0.29, 0.717) is 13.0 Å². The standard InChI is InChI=1S/C13H20O4/c1-5-7-13(9(3)4)10(8-11(14)17-13)12(15)16-6-2/h5,9-10H,1,6-8H2,2-4H3/t10-,13+/m0/s1. The molecule has 1 heterocycles. The van der Waals surface area contributed by atoms with Gasteiger partial charge in [-0.05, 0) is 12.8 Å². The summed E-state index contributed by atoms with van der Waals surface area (Å²) in [4.78, 5) is 23.4. The number of cyclic esters (lactones) is 1. The Bertz CT molecular complexity index is 321. The van der Waals surface area contributed by atoms with E-state index in [2.05, 4.69) is 6.58 Å². The summed E-state index contributed by atoms with van der Waals surface area (Å²) in [7, 11) is 0. The van der Waals surface area contributed by atoms with Gasteiger partial charge in [-0.15, -0.1) is 6.58 Å². The molecule has 1 aliphatic heterocycles. The molecule has 2 atom stereocenters. The number of carbonyl (C=O) groups excluding carboxylic acids is 2. The topological polar surface area (TPSA) is 52.6 Å². The largest absolute Gasteiger partial charge is 0.466 e. The summed E-state index contributed by atoms with van der Waals surface area (Å²) >= 11 is 0. The number of hydrogen-bond donors (Lipinski definition) is 0. The lowest BCUT2D eigenvalue weighted by atomic mass is 9.76. The Balaban J connectivity index is 3.02. The van der Waals surface area contributed by atoms with Gasteiger partial charge in [-0.3, -0.25) is 9.59 Å². The van der Waals surface area contributed by atoms with Gasteiger partial charge >= 0.3 is 11.9 Å². The molecule has 4 nitrogen and oxygen atoms in total. The van der Waals surface area contributed by atoms with E-state index < -0.39 is 11.5 Å². The Morgan fingerprint density at radius 3 is 2.82 bits per heavy atom. The predicted octanol–water partition coefficient (Wildman–Crippen LogP) is 2.08. The molecule has 0 aliphatic carbocycles. The predicted molar refractivity (Wildman–Crippen MR) is 63.2 cm³/mol. The molecule has 4 heteroatoms. The summed E-state index contributed by atoms with van der Waals surface area (Å²) < 4.78 is 10.4. The van der Waals surface area contributed by atoms with E-state index in [1.165, 1.54) is 0 Å². The molecule has 17 heavy (non-hydrogen) atoms. The number of hydrogen-bond acceptors (Lipinski definition) is 4. The molecule has 1 saturated heterocycles. The quantitative estimate of drug-likeness (QED) is 0.545. The molecule has 0 aromatic rings. The second-order valence-corrected chi connectivity index (χ2v) is 4.59. The van der Waals surface area contributed by atoms with Gasteiger partial charge in [0.25, 0.3) is 0 Å². The lowest BCUT2D eigenvalue weighted by Gasteiger charge is -2.35. The zero-order valence-corrected chi connectivity index (χ0v) is 10.7. The van der Waals surface area contributed by atoms with Gasteiger partial charge in [0.2, 0.25) is 0 Å². The van der Waals surface area contributed by atoms with Crippen LogP contribution in [0.25, 0.3) is 0 Å². The molecule has 0 bridgehead atoms. The second kappa shape index (κ2) is 5.34. The Hall–Kier alpha value is -1.32. The monoisotopic (exact) mass is 240 g/mol. The molecule has 0 aromatic heterocycles. The van der Waals surface area contributed by atoms with Crippen LogP contribution in [0.5, 0.6) is 0 Å². The SMILES string of the molecule is C=CC[C@]1(C(C)C)OC(=O)C[C@H]1C(=O)OCC. The first-order valence-corrected chi connectivity index (χ1v) is 5.97. The Morgan fingerprint density at radius 1 is 1.71 bits per heavy atom. The van der Waals surface area contributed by atoms with Crippen LogP contribution in [0.1, 0.15) is 33.6 Å². The van der Waals surface area contributed by atoms with Crippen LogP contribution >= 0.6 is 0 Å². The summed E-state index contributed by atoms with van der Waals surface area (Å²) in [6, 6.07) is 0. The molecule has 1 rings (SSSR count). The first kappa shape index (κ1) is 13.7. The van der Waals surface area contributed by atoms with Crippen LogP contribution in [-0.4, -0.2) is 24.1 Å². The highest BCUT2D eigenvalue weighted by Gasteiger charge is 2.54. The van der Waals surface area contributed by atoms with Gasteiger partial charge in [0, 0.05) is 6.42 Å². The molecule has 0 aromatic carbocycles. The van der Waals surface area contributed by atoms with Crippen LogP contribution in [0.4, 0.5) is 0 Å². The van der Waals surface area contributed by atoms with Crippen molar-refractivity contribution >= 4 is 11.9 Å². The van der Waals surface area contributed by atoms with Gasteiger partial charge < -0.3 is 9.47 Å². The van der Waals surface area contributed by atoms with Gasteiger partial charge in [-0.1, -0.05) is 19.9 Å². The van der Waals surface area contributed by atoms with Gasteiger partial charge in [0.1, 0.15) is 11.5 Å². The minimum absolute atomic E-state index is 0.0429. The maximum atomic E-state index is 11.9. The van der Waals surface area contributed by atoms with E-state index in [-0.39, 0.29) is 24.3 Å².